The highest BCUT2D eigenvalue weighted by atomic mass is 15.3. The molecule has 0 saturated heterocycles. The summed E-state index contributed by atoms with van der Waals surface area (Å²) in [5.74, 6) is 0.913. The Labute approximate surface area is 146 Å². The van der Waals surface area contributed by atoms with Gasteiger partial charge in [-0.25, -0.2) is 9.50 Å². The number of anilines is 1. The summed E-state index contributed by atoms with van der Waals surface area (Å²) in [5, 5.41) is 13.6. The van der Waals surface area contributed by atoms with Crippen LogP contribution in [-0.2, 0) is 6.54 Å². The van der Waals surface area contributed by atoms with Crippen molar-refractivity contribution >= 4 is 22.4 Å². The fraction of sp³-hybridized carbons (Fsp3) is 0.316. The number of hydrogen-bond donors (Lipinski definition) is 1. The number of aryl methyl sites for hydroxylation is 4. The molecular formula is C19H22N6. The Balaban J connectivity index is 1.55. The van der Waals surface area contributed by atoms with E-state index >= 15 is 0 Å². The number of para-hydroxylation sites is 1. The van der Waals surface area contributed by atoms with Crippen LogP contribution in [0.15, 0.2) is 36.4 Å². The molecule has 0 aliphatic heterocycles. The maximum Gasteiger partial charge on any atom is 0.158 e. The molecular weight excluding hydrogens is 312 g/mol. The summed E-state index contributed by atoms with van der Waals surface area (Å²) in [5.41, 5.74) is 5.19. The normalized spacial score (nSPS) is 11.5. The van der Waals surface area contributed by atoms with E-state index in [1.165, 1.54) is 5.69 Å². The molecule has 0 atom stereocenters. The van der Waals surface area contributed by atoms with Crippen LogP contribution in [0, 0.1) is 20.8 Å². The van der Waals surface area contributed by atoms with Gasteiger partial charge in [-0.1, -0.05) is 12.1 Å². The molecule has 4 aromatic rings. The van der Waals surface area contributed by atoms with E-state index in [0.29, 0.717) is 0 Å². The fourth-order valence-electron chi connectivity index (χ4n) is 3.25. The van der Waals surface area contributed by atoms with E-state index in [0.717, 1.165) is 53.3 Å². The first-order chi connectivity index (χ1) is 12.1. The minimum Gasteiger partial charge on any atom is -0.369 e. The van der Waals surface area contributed by atoms with Gasteiger partial charge >= 0.3 is 0 Å². The molecule has 0 fully saturated rings. The third-order valence-electron chi connectivity index (χ3n) is 4.37. The molecule has 3 aromatic heterocycles. The molecule has 6 nitrogen and oxygen atoms in total. The molecule has 6 heteroatoms. The zero-order valence-corrected chi connectivity index (χ0v) is 14.8. The first kappa shape index (κ1) is 15.6. The van der Waals surface area contributed by atoms with Crippen molar-refractivity contribution in [3.8, 4) is 0 Å². The van der Waals surface area contributed by atoms with Crippen LogP contribution in [0.1, 0.15) is 23.5 Å². The Bertz CT molecular complexity index is 1040. The van der Waals surface area contributed by atoms with Crippen molar-refractivity contribution in [3.05, 3.63) is 53.5 Å². The molecule has 0 aliphatic carbocycles. The Morgan fingerprint density at radius 1 is 1.00 bits per heavy atom. The van der Waals surface area contributed by atoms with Gasteiger partial charge in [0, 0.05) is 30.2 Å². The Kier molecular flexibility index (Phi) is 3.87. The third kappa shape index (κ3) is 2.95. The van der Waals surface area contributed by atoms with E-state index in [4.69, 9.17) is 4.98 Å². The molecule has 128 valence electrons. The summed E-state index contributed by atoms with van der Waals surface area (Å²) in [4.78, 5) is 4.76. The van der Waals surface area contributed by atoms with E-state index in [1.807, 2.05) is 36.6 Å². The second kappa shape index (κ2) is 6.20. The van der Waals surface area contributed by atoms with Crippen LogP contribution in [-0.4, -0.2) is 30.9 Å². The van der Waals surface area contributed by atoms with Crippen LogP contribution in [0.3, 0.4) is 0 Å². The molecule has 3 heterocycles. The quantitative estimate of drug-likeness (QED) is 0.567. The molecule has 4 rings (SSSR count). The van der Waals surface area contributed by atoms with Gasteiger partial charge in [0.15, 0.2) is 5.65 Å². The van der Waals surface area contributed by atoms with Gasteiger partial charge in [0.25, 0.3) is 0 Å². The molecule has 0 saturated carbocycles. The van der Waals surface area contributed by atoms with Crippen molar-refractivity contribution in [2.24, 2.45) is 0 Å². The van der Waals surface area contributed by atoms with Gasteiger partial charge in [-0.2, -0.15) is 10.2 Å². The van der Waals surface area contributed by atoms with E-state index in [2.05, 4.69) is 45.3 Å². The number of benzene rings is 1. The zero-order chi connectivity index (χ0) is 17.4. The lowest BCUT2D eigenvalue weighted by atomic mass is 10.2. The van der Waals surface area contributed by atoms with Gasteiger partial charge in [-0.05, 0) is 45.4 Å². The lowest BCUT2D eigenvalue weighted by Gasteiger charge is -2.10. The standard InChI is InChI=1S/C19H22N6/c1-13-11-15(3)24(22-13)10-6-9-20-19-16-7-4-5-8-17(16)25-18(21-19)12-14(2)23-25/h4-5,7-8,11-12H,6,9-10H2,1-3H3,(H,20,21). The topological polar surface area (TPSA) is 60.0 Å². The maximum atomic E-state index is 4.76. The summed E-state index contributed by atoms with van der Waals surface area (Å²) >= 11 is 0. The van der Waals surface area contributed by atoms with Crippen LogP contribution in [0.4, 0.5) is 5.82 Å². The van der Waals surface area contributed by atoms with Gasteiger partial charge in [0.2, 0.25) is 0 Å². The molecule has 0 amide bonds. The van der Waals surface area contributed by atoms with Gasteiger partial charge < -0.3 is 5.32 Å². The highest BCUT2D eigenvalue weighted by molar-refractivity contribution is 5.91. The van der Waals surface area contributed by atoms with Crippen molar-refractivity contribution < 1.29 is 0 Å². The number of nitrogens with one attached hydrogen (secondary N) is 1. The van der Waals surface area contributed by atoms with Crippen LogP contribution in [0.25, 0.3) is 16.6 Å². The van der Waals surface area contributed by atoms with Crippen LogP contribution >= 0.6 is 0 Å². The van der Waals surface area contributed by atoms with E-state index in [9.17, 15) is 0 Å². The highest BCUT2D eigenvalue weighted by Crippen LogP contribution is 2.23. The van der Waals surface area contributed by atoms with Crippen LogP contribution < -0.4 is 5.32 Å². The van der Waals surface area contributed by atoms with Crippen LogP contribution in [0.5, 0.6) is 0 Å². The lowest BCUT2D eigenvalue weighted by Crippen LogP contribution is -2.10. The van der Waals surface area contributed by atoms with Crippen molar-refractivity contribution in [2.75, 3.05) is 11.9 Å². The Hall–Kier alpha value is -2.89. The summed E-state index contributed by atoms with van der Waals surface area (Å²) < 4.78 is 3.97. The Morgan fingerprint density at radius 3 is 2.60 bits per heavy atom. The lowest BCUT2D eigenvalue weighted by molar-refractivity contribution is 0.573. The average Bonchev–Trinajstić information content (AvgIpc) is 3.12. The zero-order valence-electron chi connectivity index (χ0n) is 14.8. The highest BCUT2D eigenvalue weighted by Gasteiger charge is 2.09. The fourth-order valence-corrected chi connectivity index (χ4v) is 3.25. The largest absolute Gasteiger partial charge is 0.369 e. The number of nitrogens with zero attached hydrogens (tertiary/aromatic N) is 5. The number of rotatable bonds is 5. The summed E-state index contributed by atoms with van der Waals surface area (Å²) in [7, 11) is 0. The van der Waals surface area contributed by atoms with Crippen molar-refractivity contribution in [1.82, 2.24) is 24.4 Å². The van der Waals surface area contributed by atoms with Gasteiger partial charge in [-0.15, -0.1) is 0 Å². The molecule has 0 aliphatic rings. The summed E-state index contributed by atoms with van der Waals surface area (Å²) in [6.07, 6.45) is 0.988. The monoisotopic (exact) mass is 334 g/mol. The summed E-state index contributed by atoms with van der Waals surface area (Å²) in [6, 6.07) is 12.4. The molecule has 0 radical (unpaired) electrons. The van der Waals surface area contributed by atoms with E-state index in [1.54, 1.807) is 0 Å². The average molecular weight is 334 g/mol. The minimum absolute atomic E-state index is 0.846. The first-order valence-electron chi connectivity index (χ1n) is 8.62. The minimum atomic E-state index is 0.846. The predicted octanol–water partition coefficient (Wildman–Crippen LogP) is 3.51. The second-order valence-electron chi connectivity index (χ2n) is 6.46. The van der Waals surface area contributed by atoms with E-state index < -0.39 is 0 Å². The number of hydrogen-bond acceptors (Lipinski definition) is 4. The number of fused-ring (bicyclic) bond motifs is 3. The summed E-state index contributed by atoms with van der Waals surface area (Å²) in [6.45, 7) is 7.86. The first-order valence-corrected chi connectivity index (χ1v) is 8.62. The molecule has 0 bridgehead atoms. The van der Waals surface area contributed by atoms with Crippen molar-refractivity contribution in [2.45, 2.75) is 33.7 Å². The predicted molar refractivity (Wildman–Crippen MR) is 100 cm³/mol. The maximum absolute atomic E-state index is 4.76. The smallest absolute Gasteiger partial charge is 0.158 e. The Morgan fingerprint density at radius 2 is 1.80 bits per heavy atom. The SMILES string of the molecule is Cc1cc(C)n(CCCNc2nc3cc(C)nn3c3ccccc23)n1. The van der Waals surface area contributed by atoms with Gasteiger partial charge in [0.05, 0.1) is 16.9 Å². The molecule has 1 aromatic carbocycles. The van der Waals surface area contributed by atoms with Gasteiger partial charge in [-0.3, -0.25) is 4.68 Å². The third-order valence-corrected chi connectivity index (χ3v) is 4.37. The molecule has 25 heavy (non-hydrogen) atoms. The molecule has 1 N–H and O–H groups in total. The second-order valence-corrected chi connectivity index (χ2v) is 6.46. The molecule has 0 spiro atoms. The van der Waals surface area contributed by atoms with Gasteiger partial charge in [0.1, 0.15) is 5.82 Å². The van der Waals surface area contributed by atoms with E-state index in [-0.39, 0.29) is 0 Å². The van der Waals surface area contributed by atoms with Crippen molar-refractivity contribution in [3.63, 3.8) is 0 Å². The van der Waals surface area contributed by atoms with Crippen molar-refractivity contribution in [1.29, 1.82) is 0 Å². The number of aromatic nitrogens is 5. The van der Waals surface area contributed by atoms with Crippen LogP contribution in [0.2, 0.25) is 0 Å². The molecule has 0 unspecified atom stereocenters.